The minimum Gasteiger partial charge on any atom is -0.391 e. The number of aliphatic hydroxyl groups is 1. The van der Waals surface area contributed by atoms with E-state index in [0.717, 1.165) is 5.57 Å². The Kier molecular flexibility index (Phi) is 8.19. The molecule has 2 atom stereocenters. The van der Waals surface area contributed by atoms with Crippen LogP contribution in [0.5, 0.6) is 0 Å². The minimum atomic E-state index is -0.846. The Balaban J connectivity index is 1.89. The van der Waals surface area contributed by atoms with Crippen molar-refractivity contribution in [3.63, 3.8) is 0 Å². The maximum Gasteiger partial charge on any atom is 0.320 e. The first kappa shape index (κ1) is 26.2. The van der Waals surface area contributed by atoms with E-state index >= 15 is 0 Å². The minimum absolute atomic E-state index is 0.201. The predicted molar refractivity (Wildman–Crippen MR) is 139 cm³/mol. The number of allylic oxidation sites excluding steroid dienone is 4. The summed E-state index contributed by atoms with van der Waals surface area (Å²) >= 11 is 6.29. The lowest BCUT2D eigenvalue weighted by Crippen LogP contribution is -2.46. The number of aromatic nitrogens is 2. The molecule has 0 aliphatic heterocycles. The van der Waals surface area contributed by atoms with E-state index in [1.54, 1.807) is 19.1 Å². The maximum atomic E-state index is 13.1. The lowest BCUT2D eigenvalue weighted by Gasteiger charge is -2.33. The van der Waals surface area contributed by atoms with Crippen molar-refractivity contribution in [2.24, 2.45) is 5.41 Å². The fraction of sp³-hybridized carbons (Fsp3) is 0.346. The number of carbonyl (C=O) groups is 2. The third-order valence-electron chi connectivity index (χ3n) is 6.18. The monoisotopic (exact) mass is 497 g/mol. The normalized spacial score (nSPS) is 22.5. The van der Waals surface area contributed by atoms with Gasteiger partial charge in [0.15, 0.2) is 5.69 Å². The van der Waals surface area contributed by atoms with Crippen molar-refractivity contribution in [1.29, 1.82) is 0 Å². The second kappa shape index (κ2) is 10.9. The molecule has 1 aliphatic carbocycles. The number of halogens is 1. The number of carbonyl (C=O) groups excluding carboxylic acids is 2. The molecule has 0 radical (unpaired) electrons. The summed E-state index contributed by atoms with van der Waals surface area (Å²) in [6.45, 7) is 9.79. The Hall–Kier alpha value is -3.36. The highest BCUT2D eigenvalue weighted by molar-refractivity contribution is 6.31. The number of nitrogens with zero attached hydrogens (tertiary/aromatic N) is 2. The number of hydrogen-bond acceptors (Lipinski definition) is 4. The van der Waals surface area contributed by atoms with Gasteiger partial charge in [-0.15, -0.1) is 0 Å². The molecule has 0 unspecified atom stereocenters. The van der Waals surface area contributed by atoms with Gasteiger partial charge in [-0.25, -0.2) is 9.48 Å². The third kappa shape index (κ3) is 6.21. The lowest BCUT2D eigenvalue weighted by molar-refractivity contribution is 0.0929. The second-order valence-corrected chi connectivity index (χ2v) is 9.63. The van der Waals surface area contributed by atoms with Crippen LogP contribution in [0.4, 0.5) is 10.6 Å². The molecule has 1 heterocycles. The molecule has 1 aromatic heterocycles. The summed E-state index contributed by atoms with van der Waals surface area (Å²) in [7, 11) is 1.52. The van der Waals surface area contributed by atoms with Gasteiger partial charge in [0.05, 0.1) is 17.8 Å². The smallest absolute Gasteiger partial charge is 0.320 e. The van der Waals surface area contributed by atoms with Crippen LogP contribution in [0.1, 0.15) is 42.7 Å². The summed E-state index contributed by atoms with van der Waals surface area (Å²) in [5.74, 6) is -0.00874. The number of aliphatic hydroxyl groups excluding tert-OH is 1. The maximum absolute atomic E-state index is 13.1. The zero-order valence-electron chi connectivity index (χ0n) is 20.4. The van der Waals surface area contributed by atoms with E-state index < -0.39 is 23.6 Å². The van der Waals surface area contributed by atoms with Crippen LogP contribution in [0, 0.1) is 12.3 Å². The van der Waals surface area contributed by atoms with Crippen LogP contribution in [0.3, 0.4) is 0 Å². The van der Waals surface area contributed by atoms with Crippen molar-refractivity contribution >= 4 is 29.4 Å². The number of anilines is 1. The van der Waals surface area contributed by atoms with Crippen molar-refractivity contribution in [3.8, 4) is 5.69 Å². The average molecular weight is 498 g/mol. The molecule has 2 aromatic rings. The van der Waals surface area contributed by atoms with Crippen LogP contribution in [0.2, 0.25) is 0 Å². The van der Waals surface area contributed by atoms with E-state index in [1.165, 1.54) is 11.7 Å². The Morgan fingerprint density at radius 1 is 1.23 bits per heavy atom. The van der Waals surface area contributed by atoms with Gasteiger partial charge in [-0.05, 0) is 49.0 Å². The van der Waals surface area contributed by atoms with Gasteiger partial charge in [0.25, 0.3) is 5.91 Å². The van der Waals surface area contributed by atoms with Gasteiger partial charge in [-0.2, -0.15) is 5.10 Å². The molecule has 0 fully saturated rings. The second-order valence-electron chi connectivity index (χ2n) is 9.19. The average Bonchev–Trinajstić information content (AvgIpc) is 3.15. The van der Waals surface area contributed by atoms with E-state index in [-0.39, 0.29) is 11.6 Å². The van der Waals surface area contributed by atoms with E-state index in [4.69, 9.17) is 11.6 Å². The molecular weight excluding hydrogens is 466 g/mol. The Labute approximate surface area is 210 Å². The van der Waals surface area contributed by atoms with Crippen LogP contribution < -0.4 is 16.0 Å². The molecule has 0 saturated carbocycles. The van der Waals surface area contributed by atoms with Crippen molar-refractivity contribution in [3.05, 3.63) is 77.0 Å². The van der Waals surface area contributed by atoms with Gasteiger partial charge >= 0.3 is 6.03 Å². The van der Waals surface area contributed by atoms with Crippen molar-refractivity contribution in [2.45, 2.75) is 45.8 Å². The van der Waals surface area contributed by atoms with Gasteiger partial charge in [-0.1, -0.05) is 62.4 Å². The summed E-state index contributed by atoms with van der Waals surface area (Å²) < 4.78 is 1.51. The van der Waals surface area contributed by atoms with E-state index in [0.29, 0.717) is 34.9 Å². The number of benzene rings is 1. The molecule has 186 valence electrons. The Morgan fingerprint density at radius 2 is 1.91 bits per heavy atom. The molecule has 0 spiro atoms. The highest BCUT2D eigenvalue weighted by atomic mass is 35.5. The quantitative estimate of drug-likeness (QED) is 0.500. The number of para-hydroxylation sites is 1. The van der Waals surface area contributed by atoms with Gasteiger partial charge < -0.3 is 15.7 Å². The highest BCUT2D eigenvalue weighted by Gasteiger charge is 2.31. The molecule has 0 bridgehead atoms. The number of nitrogens with one attached hydrogen (secondary N) is 3. The third-order valence-corrected chi connectivity index (χ3v) is 6.46. The standard InChI is InChI=1S/C26H32ClN5O3/c1-16-11-12-18(27)13-14-20(21(33)15-26(16,3)4)29-25(35)30-23-17(2)22(24(34)28-5)31-32(23)19-9-7-6-8-10-19/h6-13,20-21,33H,1,14-15H2,2-5H3,(H,28,34)(H2,29,30,35)/b12-11-,18-13+/t20-,21-/m1/s1. The number of rotatable bonds is 4. The molecule has 35 heavy (non-hydrogen) atoms. The van der Waals surface area contributed by atoms with Gasteiger partial charge in [0.2, 0.25) is 0 Å². The topological polar surface area (TPSA) is 108 Å². The molecule has 8 nitrogen and oxygen atoms in total. The fourth-order valence-electron chi connectivity index (χ4n) is 3.87. The first-order valence-corrected chi connectivity index (χ1v) is 11.8. The SMILES string of the molecule is C=C1/C=C\C(Cl)=C/C[C@@H](NC(=O)Nc2c(C)c(C(=O)NC)nn2-c2ccccc2)[C@H](O)CC1(C)C. The Morgan fingerprint density at radius 3 is 2.57 bits per heavy atom. The molecule has 4 N–H and O–H groups in total. The Bertz CT molecular complexity index is 1170. The van der Waals surface area contributed by atoms with Crippen LogP contribution in [0.15, 0.2) is 65.7 Å². The summed E-state index contributed by atoms with van der Waals surface area (Å²) in [5, 5.41) is 24.2. The van der Waals surface area contributed by atoms with E-state index in [2.05, 4.69) is 27.6 Å². The number of hydrogen-bond donors (Lipinski definition) is 4. The summed E-state index contributed by atoms with van der Waals surface area (Å²) in [6.07, 6.45) is 5.25. The molecular formula is C26H32ClN5O3. The fourth-order valence-corrected chi connectivity index (χ4v) is 4.02. The number of amides is 3. The zero-order valence-corrected chi connectivity index (χ0v) is 21.2. The first-order valence-electron chi connectivity index (χ1n) is 11.4. The zero-order chi connectivity index (χ0) is 25.8. The summed E-state index contributed by atoms with van der Waals surface area (Å²) in [6, 6.07) is 8.05. The van der Waals surface area contributed by atoms with E-state index in [1.807, 2.05) is 50.3 Å². The highest BCUT2D eigenvalue weighted by Crippen LogP contribution is 2.34. The van der Waals surface area contributed by atoms with Crippen molar-refractivity contribution in [1.82, 2.24) is 20.4 Å². The molecule has 3 amide bonds. The van der Waals surface area contributed by atoms with Gasteiger partial charge in [-0.3, -0.25) is 10.1 Å². The molecule has 3 rings (SSSR count). The van der Waals surface area contributed by atoms with Gasteiger partial charge in [0, 0.05) is 17.6 Å². The predicted octanol–water partition coefficient (Wildman–Crippen LogP) is 4.45. The van der Waals surface area contributed by atoms with Gasteiger partial charge in [0.1, 0.15) is 5.82 Å². The lowest BCUT2D eigenvalue weighted by atomic mass is 9.78. The van der Waals surface area contributed by atoms with Crippen LogP contribution in [0.25, 0.3) is 5.69 Å². The first-order chi connectivity index (χ1) is 16.5. The molecule has 1 aliphatic rings. The summed E-state index contributed by atoms with van der Waals surface area (Å²) in [4.78, 5) is 25.5. The van der Waals surface area contributed by atoms with Crippen LogP contribution >= 0.6 is 11.6 Å². The molecule has 9 heteroatoms. The molecule has 1 aromatic carbocycles. The van der Waals surface area contributed by atoms with Crippen molar-refractivity contribution in [2.75, 3.05) is 12.4 Å². The van der Waals surface area contributed by atoms with Crippen molar-refractivity contribution < 1.29 is 14.7 Å². The largest absolute Gasteiger partial charge is 0.391 e. The molecule has 0 saturated heterocycles. The summed E-state index contributed by atoms with van der Waals surface area (Å²) in [5.41, 5.74) is 1.83. The number of urea groups is 1. The van der Waals surface area contributed by atoms with Crippen LogP contribution in [-0.2, 0) is 0 Å². The van der Waals surface area contributed by atoms with Crippen LogP contribution in [-0.4, -0.2) is 46.0 Å². The van der Waals surface area contributed by atoms with E-state index in [9.17, 15) is 14.7 Å².